The van der Waals surface area contributed by atoms with Gasteiger partial charge < -0.3 is 15.1 Å². The molecule has 0 radical (unpaired) electrons. The lowest BCUT2D eigenvalue weighted by molar-refractivity contribution is -0.129. The van der Waals surface area contributed by atoms with Gasteiger partial charge in [-0.05, 0) is 12.8 Å². The third-order valence-corrected chi connectivity index (χ3v) is 2.82. The second-order valence-electron chi connectivity index (χ2n) is 4.24. The van der Waals surface area contributed by atoms with Gasteiger partial charge in [0, 0.05) is 39.6 Å². The number of carbonyl (C=O) groups excluding carboxylic acids is 2. The van der Waals surface area contributed by atoms with E-state index in [0.717, 1.165) is 25.9 Å². The molecule has 96 valence electrons. The van der Waals surface area contributed by atoms with Crippen molar-refractivity contribution < 1.29 is 9.59 Å². The van der Waals surface area contributed by atoms with Gasteiger partial charge in [-0.15, -0.1) is 6.58 Å². The van der Waals surface area contributed by atoms with Crippen molar-refractivity contribution in [3.8, 4) is 0 Å². The van der Waals surface area contributed by atoms with Crippen molar-refractivity contribution in [3.63, 3.8) is 0 Å². The van der Waals surface area contributed by atoms with E-state index in [9.17, 15) is 9.59 Å². The Morgan fingerprint density at radius 1 is 1.41 bits per heavy atom. The second kappa shape index (κ2) is 6.93. The van der Waals surface area contributed by atoms with Crippen LogP contribution in [-0.2, 0) is 4.79 Å². The van der Waals surface area contributed by atoms with Crippen LogP contribution in [0, 0.1) is 0 Å². The molecule has 0 spiro atoms. The molecule has 0 atom stereocenters. The molecule has 1 heterocycles. The highest BCUT2D eigenvalue weighted by atomic mass is 16.2. The monoisotopic (exact) mass is 239 g/mol. The van der Waals surface area contributed by atoms with Gasteiger partial charge in [0.15, 0.2) is 0 Å². The van der Waals surface area contributed by atoms with Crippen molar-refractivity contribution >= 4 is 11.9 Å². The van der Waals surface area contributed by atoms with Crippen LogP contribution in [0.15, 0.2) is 12.7 Å². The van der Waals surface area contributed by atoms with Gasteiger partial charge >= 0.3 is 6.03 Å². The summed E-state index contributed by atoms with van der Waals surface area (Å²) in [5, 5.41) is 2.71. The van der Waals surface area contributed by atoms with E-state index in [1.54, 1.807) is 13.1 Å². The van der Waals surface area contributed by atoms with Crippen LogP contribution in [-0.4, -0.2) is 55.0 Å². The Labute approximate surface area is 102 Å². The van der Waals surface area contributed by atoms with Gasteiger partial charge in [0.1, 0.15) is 0 Å². The quantitative estimate of drug-likeness (QED) is 0.722. The van der Waals surface area contributed by atoms with Gasteiger partial charge in [-0.2, -0.15) is 0 Å². The molecule has 0 bridgehead atoms. The molecule has 0 aromatic carbocycles. The maximum Gasteiger partial charge on any atom is 0.317 e. The van der Waals surface area contributed by atoms with E-state index in [2.05, 4.69) is 11.9 Å². The summed E-state index contributed by atoms with van der Waals surface area (Å²) in [6.45, 7) is 6.19. The first-order valence-corrected chi connectivity index (χ1v) is 6.02. The summed E-state index contributed by atoms with van der Waals surface area (Å²) in [5.41, 5.74) is 0. The summed E-state index contributed by atoms with van der Waals surface area (Å²) in [7, 11) is 1.69. The molecule has 0 unspecified atom stereocenters. The molecule has 1 aliphatic heterocycles. The Kier molecular flexibility index (Phi) is 5.52. The number of amides is 3. The lowest BCUT2D eigenvalue weighted by Crippen LogP contribution is -2.39. The molecule has 1 N–H and O–H groups in total. The number of carbonyl (C=O) groups is 2. The maximum atomic E-state index is 11.7. The van der Waals surface area contributed by atoms with Crippen molar-refractivity contribution in [3.05, 3.63) is 12.7 Å². The van der Waals surface area contributed by atoms with E-state index in [4.69, 9.17) is 0 Å². The molecule has 1 rings (SSSR count). The molecule has 0 aliphatic carbocycles. The normalized spacial score (nSPS) is 14.5. The third-order valence-electron chi connectivity index (χ3n) is 2.82. The zero-order valence-electron chi connectivity index (χ0n) is 10.4. The summed E-state index contributed by atoms with van der Waals surface area (Å²) in [6, 6.07) is -0.167. The summed E-state index contributed by atoms with van der Waals surface area (Å²) in [5.74, 6) is 0.133. The zero-order valence-corrected chi connectivity index (χ0v) is 10.4. The molecule has 1 aliphatic rings. The highest BCUT2D eigenvalue weighted by molar-refractivity contribution is 5.78. The summed E-state index contributed by atoms with van der Waals surface area (Å²) in [4.78, 5) is 26.5. The second-order valence-corrected chi connectivity index (χ2v) is 4.24. The van der Waals surface area contributed by atoms with Crippen LogP contribution in [0.5, 0.6) is 0 Å². The van der Waals surface area contributed by atoms with Crippen molar-refractivity contribution in [2.45, 2.75) is 19.3 Å². The lowest BCUT2D eigenvalue weighted by Gasteiger charge is -2.17. The molecule has 3 amide bonds. The van der Waals surface area contributed by atoms with Gasteiger partial charge in [0.05, 0.1) is 0 Å². The number of rotatable bonds is 5. The molecule has 1 saturated heterocycles. The van der Waals surface area contributed by atoms with Crippen LogP contribution in [0.1, 0.15) is 19.3 Å². The van der Waals surface area contributed by atoms with E-state index in [1.807, 2.05) is 4.90 Å². The largest absolute Gasteiger partial charge is 0.343 e. The summed E-state index contributed by atoms with van der Waals surface area (Å²) in [6.07, 6.45) is 4.24. The van der Waals surface area contributed by atoms with E-state index in [-0.39, 0.29) is 11.9 Å². The van der Waals surface area contributed by atoms with Crippen molar-refractivity contribution in [1.29, 1.82) is 0 Å². The molecule has 0 aromatic heterocycles. The van der Waals surface area contributed by atoms with E-state index >= 15 is 0 Å². The Hall–Kier alpha value is -1.52. The average Bonchev–Trinajstić information content (AvgIpc) is 2.82. The first-order chi connectivity index (χ1) is 8.15. The molecule has 1 fully saturated rings. The van der Waals surface area contributed by atoms with Crippen LogP contribution in [0.4, 0.5) is 4.79 Å². The van der Waals surface area contributed by atoms with Crippen molar-refractivity contribution in [2.75, 3.05) is 33.2 Å². The molecular formula is C12H21N3O2. The van der Waals surface area contributed by atoms with E-state index in [1.165, 1.54) is 4.90 Å². The third kappa shape index (κ3) is 4.46. The number of urea groups is 1. The fraction of sp³-hybridized carbons (Fsp3) is 0.667. The van der Waals surface area contributed by atoms with Gasteiger partial charge in [-0.25, -0.2) is 4.79 Å². The Morgan fingerprint density at radius 2 is 2.06 bits per heavy atom. The summed E-state index contributed by atoms with van der Waals surface area (Å²) < 4.78 is 0. The van der Waals surface area contributed by atoms with Crippen molar-refractivity contribution in [2.24, 2.45) is 0 Å². The Balaban J connectivity index is 2.16. The zero-order chi connectivity index (χ0) is 12.7. The van der Waals surface area contributed by atoms with E-state index in [0.29, 0.717) is 19.5 Å². The topological polar surface area (TPSA) is 52.7 Å². The van der Waals surface area contributed by atoms with Gasteiger partial charge in [-0.1, -0.05) is 6.08 Å². The fourth-order valence-corrected chi connectivity index (χ4v) is 1.81. The highest BCUT2D eigenvalue weighted by Gasteiger charge is 2.17. The predicted octanol–water partition coefficient (Wildman–Crippen LogP) is 0.826. The van der Waals surface area contributed by atoms with Crippen molar-refractivity contribution in [1.82, 2.24) is 15.1 Å². The number of nitrogens with one attached hydrogen (secondary N) is 1. The molecule has 5 nitrogen and oxygen atoms in total. The molecule has 0 aromatic rings. The highest BCUT2D eigenvalue weighted by Crippen LogP contribution is 2.08. The molecule has 5 heteroatoms. The Bertz CT molecular complexity index is 285. The first kappa shape index (κ1) is 13.5. The van der Waals surface area contributed by atoms with Crippen LogP contribution in [0.3, 0.4) is 0 Å². The number of hydrogen-bond donors (Lipinski definition) is 1. The standard InChI is InChI=1S/C12H21N3O2/c1-3-8-14(2)12(17)13-7-6-11(16)15-9-4-5-10-15/h3H,1,4-10H2,2H3,(H,13,17). The van der Waals surface area contributed by atoms with Gasteiger partial charge in [0.25, 0.3) is 0 Å². The Morgan fingerprint density at radius 3 is 2.65 bits per heavy atom. The number of likely N-dealkylation sites (N-methyl/N-ethyl adjacent to an activating group) is 1. The van der Waals surface area contributed by atoms with Gasteiger partial charge in [-0.3, -0.25) is 4.79 Å². The number of nitrogens with zero attached hydrogens (tertiary/aromatic N) is 2. The van der Waals surface area contributed by atoms with Crippen LogP contribution < -0.4 is 5.32 Å². The van der Waals surface area contributed by atoms with E-state index < -0.39 is 0 Å². The van der Waals surface area contributed by atoms with Gasteiger partial charge in [0.2, 0.25) is 5.91 Å². The number of likely N-dealkylation sites (tertiary alicyclic amines) is 1. The first-order valence-electron chi connectivity index (χ1n) is 6.02. The fourth-order valence-electron chi connectivity index (χ4n) is 1.81. The summed E-state index contributed by atoms with van der Waals surface area (Å²) >= 11 is 0. The van der Waals surface area contributed by atoms with Crippen LogP contribution >= 0.6 is 0 Å². The SMILES string of the molecule is C=CCN(C)C(=O)NCCC(=O)N1CCCC1. The molecular weight excluding hydrogens is 218 g/mol. The smallest absolute Gasteiger partial charge is 0.317 e. The minimum Gasteiger partial charge on any atom is -0.343 e. The maximum absolute atomic E-state index is 11.7. The molecule has 17 heavy (non-hydrogen) atoms. The predicted molar refractivity (Wildman–Crippen MR) is 66.7 cm³/mol. The number of hydrogen-bond acceptors (Lipinski definition) is 2. The minimum atomic E-state index is -0.167. The lowest BCUT2D eigenvalue weighted by atomic mass is 10.3. The van der Waals surface area contributed by atoms with Crippen LogP contribution in [0.2, 0.25) is 0 Å². The van der Waals surface area contributed by atoms with Crippen LogP contribution in [0.25, 0.3) is 0 Å². The molecule has 0 saturated carbocycles. The average molecular weight is 239 g/mol. The minimum absolute atomic E-state index is 0.133.